The van der Waals surface area contributed by atoms with Crippen molar-refractivity contribution in [1.29, 1.82) is 0 Å². The molecule has 4 nitrogen and oxygen atoms in total. The van der Waals surface area contributed by atoms with Gasteiger partial charge in [0.15, 0.2) is 6.10 Å². The van der Waals surface area contributed by atoms with Crippen LogP contribution >= 0.6 is 0 Å². The molecule has 0 saturated carbocycles. The molecular formula is C13H17NO3. The molecule has 0 radical (unpaired) electrons. The van der Waals surface area contributed by atoms with Crippen LogP contribution in [0.5, 0.6) is 0 Å². The van der Waals surface area contributed by atoms with E-state index in [-0.39, 0.29) is 18.6 Å². The zero-order valence-electron chi connectivity index (χ0n) is 9.87. The predicted molar refractivity (Wildman–Crippen MR) is 63.3 cm³/mol. The zero-order chi connectivity index (χ0) is 12.3. The van der Waals surface area contributed by atoms with Crippen molar-refractivity contribution in [2.75, 3.05) is 13.2 Å². The molecule has 1 aliphatic rings. The Morgan fingerprint density at radius 1 is 1.41 bits per heavy atom. The monoisotopic (exact) mass is 235 g/mol. The number of morpholine rings is 1. The van der Waals surface area contributed by atoms with E-state index < -0.39 is 6.10 Å². The smallest absolute Gasteiger partial charge is 0.254 e. The molecule has 1 aliphatic heterocycles. The van der Waals surface area contributed by atoms with Gasteiger partial charge in [-0.2, -0.15) is 0 Å². The van der Waals surface area contributed by atoms with E-state index in [1.165, 1.54) is 0 Å². The molecule has 1 fully saturated rings. The van der Waals surface area contributed by atoms with E-state index in [1.54, 1.807) is 4.90 Å². The molecule has 1 amide bonds. The van der Waals surface area contributed by atoms with E-state index in [0.29, 0.717) is 13.2 Å². The topological polar surface area (TPSA) is 49.8 Å². The van der Waals surface area contributed by atoms with Gasteiger partial charge in [-0.3, -0.25) is 4.79 Å². The van der Waals surface area contributed by atoms with Crippen molar-refractivity contribution in [3.63, 3.8) is 0 Å². The highest BCUT2D eigenvalue weighted by atomic mass is 16.5. The van der Waals surface area contributed by atoms with Gasteiger partial charge in [-0.05, 0) is 12.5 Å². The zero-order valence-corrected chi connectivity index (χ0v) is 9.87. The summed E-state index contributed by atoms with van der Waals surface area (Å²) < 4.78 is 5.28. The summed E-state index contributed by atoms with van der Waals surface area (Å²) in [5, 5.41) is 9.06. The van der Waals surface area contributed by atoms with Crippen LogP contribution in [-0.4, -0.2) is 41.3 Å². The number of benzene rings is 1. The van der Waals surface area contributed by atoms with Gasteiger partial charge in [0.25, 0.3) is 5.91 Å². The number of carbonyl (C=O) groups excluding carboxylic acids is 1. The number of hydrogen-bond donors (Lipinski definition) is 1. The molecule has 1 heterocycles. The van der Waals surface area contributed by atoms with Crippen LogP contribution < -0.4 is 0 Å². The summed E-state index contributed by atoms with van der Waals surface area (Å²) in [5.74, 6) is -0.130. The predicted octanol–water partition coefficient (Wildman–Crippen LogP) is 0.795. The first-order chi connectivity index (χ1) is 8.22. The van der Waals surface area contributed by atoms with E-state index in [4.69, 9.17) is 9.84 Å². The van der Waals surface area contributed by atoms with Gasteiger partial charge in [-0.1, -0.05) is 30.3 Å². The lowest BCUT2D eigenvalue weighted by molar-refractivity contribution is -0.162. The minimum atomic E-state index is -0.699. The van der Waals surface area contributed by atoms with Crippen molar-refractivity contribution in [3.05, 3.63) is 35.9 Å². The molecule has 1 aromatic rings. The average molecular weight is 235 g/mol. The normalized spacial score (nSPS) is 25.1. The number of ether oxygens (including phenoxy) is 1. The Kier molecular flexibility index (Phi) is 3.76. The van der Waals surface area contributed by atoms with E-state index >= 15 is 0 Å². The Morgan fingerprint density at radius 3 is 2.76 bits per heavy atom. The highest BCUT2D eigenvalue weighted by molar-refractivity contribution is 5.82. The largest absolute Gasteiger partial charge is 0.393 e. The summed E-state index contributed by atoms with van der Waals surface area (Å²) >= 11 is 0. The molecule has 1 unspecified atom stereocenters. The quantitative estimate of drug-likeness (QED) is 0.843. The lowest BCUT2D eigenvalue weighted by atomic mass is 10.1. The Morgan fingerprint density at radius 2 is 2.12 bits per heavy atom. The molecule has 17 heavy (non-hydrogen) atoms. The number of hydrogen-bond acceptors (Lipinski definition) is 3. The van der Waals surface area contributed by atoms with Crippen LogP contribution in [0.4, 0.5) is 0 Å². The Bertz CT molecular complexity index is 380. The van der Waals surface area contributed by atoms with Crippen molar-refractivity contribution in [2.24, 2.45) is 0 Å². The third kappa shape index (κ3) is 2.65. The van der Waals surface area contributed by atoms with Crippen LogP contribution in [0, 0.1) is 0 Å². The number of amides is 1. The van der Waals surface area contributed by atoms with Gasteiger partial charge in [-0.15, -0.1) is 0 Å². The van der Waals surface area contributed by atoms with Crippen molar-refractivity contribution in [2.45, 2.75) is 25.6 Å². The Labute approximate surface area is 101 Å². The van der Waals surface area contributed by atoms with Crippen molar-refractivity contribution < 1.29 is 14.6 Å². The minimum Gasteiger partial charge on any atom is -0.393 e. The van der Waals surface area contributed by atoms with Gasteiger partial charge < -0.3 is 14.7 Å². The fourth-order valence-corrected chi connectivity index (χ4v) is 1.96. The Balaban J connectivity index is 2.10. The lowest BCUT2D eigenvalue weighted by Gasteiger charge is -2.37. The molecule has 0 bridgehead atoms. The van der Waals surface area contributed by atoms with Gasteiger partial charge in [0.1, 0.15) is 0 Å². The molecule has 4 heteroatoms. The van der Waals surface area contributed by atoms with Gasteiger partial charge in [0.2, 0.25) is 0 Å². The first-order valence-corrected chi connectivity index (χ1v) is 5.79. The second-order valence-corrected chi connectivity index (χ2v) is 4.31. The third-order valence-electron chi connectivity index (χ3n) is 2.99. The highest BCUT2D eigenvalue weighted by Gasteiger charge is 2.33. The van der Waals surface area contributed by atoms with E-state index in [1.807, 2.05) is 37.3 Å². The fraction of sp³-hybridized carbons (Fsp3) is 0.462. The number of rotatable bonds is 3. The summed E-state index contributed by atoms with van der Waals surface area (Å²) in [4.78, 5) is 13.8. The Hall–Kier alpha value is -1.39. The van der Waals surface area contributed by atoms with Gasteiger partial charge >= 0.3 is 0 Å². The SMILES string of the molecule is C[C@H]1COC(CO)C(=O)N1Cc1ccccc1. The maximum absolute atomic E-state index is 12.0. The summed E-state index contributed by atoms with van der Waals surface area (Å²) in [6.45, 7) is 2.75. The second kappa shape index (κ2) is 5.29. The first kappa shape index (κ1) is 12.1. The van der Waals surface area contributed by atoms with Crippen molar-refractivity contribution in [1.82, 2.24) is 4.90 Å². The van der Waals surface area contributed by atoms with E-state index in [9.17, 15) is 4.79 Å². The van der Waals surface area contributed by atoms with Crippen molar-refractivity contribution >= 4 is 5.91 Å². The number of aliphatic hydroxyl groups is 1. The average Bonchev–Trinajstić information content (AvgIpc) is 2.36. The molecule has 1 aromatic carbocycles. The maximum atomic E-state index is 12.0. The molecule has 0 aliphatic carbocycles. The first-order valence-electron chi connectivity index (χ1n) is 5.79. The molecule has 0 aromatic heterocycles. The highest BCUT2D eigenvalue weighted by Crippen LogP contribution is 2.16. The minimum absolute atomic E-state index is 0.0468. The number of carbonyl (C=O) groups is 1. The van der Waals surface area contributed by atoms with Crippen molar-refractivity contribution in [3.8, 4) is 0 Å². The molecule has 1 saturated heterocycles. The molecule has 0 spiro atoms. The van der Waals surface area contributed by atoms with E-state index in [2.05, 4.69) is 0 Å². The van der Waals surface area contributed by atoms with E-state index in [0.717, 1.165) is 5.56 Å². The molecular weight excluding hydrogens is 218 g/mol. The summed E-state index contributed by atoms with van der Waals surface area (Å²) in [6.07, 6.45) is -0.699. The maximum Gasteiger partial charge on any atom is 0.254 e. The molecule has 2 rings (SSSR count). The summed E-state index contributed by atoms with van der Waals surface area (Å²) in [7, 11) is 0. The van der Waals surface area contributed by atoms with Gasteiger partial charge in [0.05, 0.1) is 19.3 Å². The van der Waals surface area contributed by atoms with Gasteiger partial charge in [-0.25, -0.2) is 0 Å². The van der Waals surface area contributed by atoms with Crippen LogP contribution in [-0.2, 0) is 16.1 Å². The van der Waals surface area contributed by atoms with Gasteiger partial charge in [0, 0.05) is 6.54 Å². The lowest BCUT2D eigenvalue weighted by Crippen LogP contribution is -2.53. The fourth-order valence-electron chi connectivity index (χ4n) is 1.96. The summed E-state index contributed by atoms with van der Waals surface area (Å²) in [5.41, 5.74) is 1.09. The van der Waals surface area contributed by atoms with Crippen LogP contribution in [0.2, 0.25) is 0 Å². The molecule has 1 N–H and O–H groups in total. The van der Waals surface area contributed by atoms with Crippen LogP contribution in [0.3, 0.4) is 0 Å². The standard InChI is InChI=1S/C13H17NO3/c1-10-9-17-12(8-15)13(16)14(10)7-11-5-3-2-4-6-11/h2-6,10,12,15H,7-9H2,1H3/t10-,12?/m0/s1. The third-order valence-corrected chi connectivity index (χ3v) is 2.99. The molecule has 2 atom stereocenters. The summed E-state index contributed by atoms with van der Waals surface area (Å²) in [6, 6.07) is 9.88. The van der Waals surface area contributed by atoms with Crippen LogP contribution in [0.1, 0.15) is 12.5 Å². The molecule has 92 valence electrons. The second-order valence-electron chi connectivity index (χ2n) is 4.31. The van der Waals surface area contributed by atoms with Crippen LogP contribution in [0.15, 0.2) is 30.3 Å². The van der Waals surface area contributed by atoms with Crippen LogP contribution in [0.25, 0.3) is 0 Å². The number of aliphatic hydroxyl groups excluding tert-OH is 1. The number of nitrogens with zero attached hydrogens (tertiary/aromatic N) is 1.